The Hall–Kier alpha value is -2.26. The number of benzene rings is 1. The summed E-state index contributed by atoms with van der Waals surface area (Å²) in [6, 6.07) is 10.9. The second-order valence-corrected chi connectivity index (χ2v) is 8.47. The molecule has 0 aliphatic carbocycles. The highest BCUT2D eigenvalue weighted by Crippen LogP contribution is 2.23. The van der Waals surface area contributed by atoms with Crippen molar-refractivity contribution in [2.75, 3.05) is 51.4 Å². The van der Waals surface area contributed by atoms with Gasteiger partial charge in [0.1, 0.15) is 0 Å². The first kappa shape index (κ1) is 21.0. The van der Waals surface area contributed by atoms with Gasteiger partial charge in [0.15, 0.2) is 0 Å². The average molecular weight is 430 g/mol. The van der Waals surface area contributed by atoms with Crippen LogP contribution in [0.3, 0.4) is 0 Å². The first-order valence-corrected chi connectivity index (χ1v) is 11.2. The molecule has 160 valence electrons. The normalized spacial score (nSPS) is 20.6. The molecule has 2 saturated heterocycles. The van der Waals surface area contributed by atoms with Gasteiger partial charge in [0.2, 0.25) is 0 Å². The molecular formula is C22H27N3O4S. The van der Waals surface area contributed by atoms with Gasteiger partial charge in [-0.15, -0.1) is 11.3 Å². The maximum Gasteiger partial charge on any atom is 0.265 e. The van der Waals surface area contributed by atoms with Crippen molar-refractivity contribution >= 4 is 28.8 Å². The lowest BCUT2D eigenvalue weighted by Gasteiger charge is -2.37. The fraction of sp³-hybridized carbons (Fsp3) is 0.455. The van der Waals surface area contributed by atoms with Crippen LogP contribution >= 0.6 is 11.3 Å². The zero-order valence-corrected chi connectivity index (χ0v) is 17.7. The predicted molar refractivity (Wildman–Crippen MR) is 116 cm³/mol. The van der Waals surface area contributed by atoms with Crippen LogP contribution < -0.4 is 10.6 Å². The lowest BCUT2D eigenvalue weighted by atomic mass is 9.96. The summed E-state index contributed by atoms with van der Waals surface area (Å²) in [4.78, 5) is 28.4. The summed E-state index contributed by atoms with van der Waals surface area (Å²) in [6.07, 6.45) is 1.01. The summed E-state index contributed by atoms with van der Waals surface area (Å²) in [5.74, 6) is 0.00553. The Morgan fingerprint density at radius 1 is 1.07 bits per heavy atom. The standard InChI is InChI=1S/C22H27N3O4S/c26-21(17-4-1-2-5-18(17)24-22(27)20-6-3-13-30-20)23-14-19(16-7-10-29-15-16)25-8-11-28-12-9-25/h1-6,13,16,19H,7-12,14-15H2,(H,23,26)(H,24,27). The SMILES string of the molecule is O=C(Nc1ccccc1C(=O)NCC(C1CCOC1)N1CCOCC1)c1cccs1. The number of morpholine rings is 1. The minimum absolute atomic E-state index is 0.186. The van der Waals surface area contributed by atoms with Gasteiger partial charge in [-0.05, 0) is 30.0 Å². The summed E-state index contributed by atoms with van der Waals surface area (Å²) < 4.78 is 11.1. The fourth-order valence-electron chi connectivity index (χ4n) is 4.03. The van der Waals surface area contributed by atoms with Crippen LogP contribution in [0.15, 0.2) is 41.8 Å². The number of nitrogens with one attached hydrogen (secondary N) is 2. The molecule has 0 spiro atoms. The van der Waals surface area contributed by atoms with Crippen molar-refractivity contribution in [1.29, 1.82) is 0 Å². The highest BCUT2D eigenvalue weighted by molar-refractivity contribution is 7.12. The average Bonchev–Trinajstić information content (AvgIpc) is 3.50. The zero-order chi connectivity index (χ0) is 20.8. The lowest BCUT2D eigenvalue weighted by molar-refractivity contribution is 0.00167. The van der Waals surface area contributed by atoms with Gasteiger partial charge in [0.25, 0.3) is 11.8 Å². The van der Waals surface area contributed by atoms with E-state index in [1.807, 2.05) is 17.5 Å². The molecule has 2 amide bonds. The number of carbonyl (C=O) groups is 2. The van der Waals surface area contributed by atoms with Crippen LogP contribution in [0.4, 0.5) is 5.69 Å². The molecule has 3 heterocycles. The van der Waals surface area contributed by atoms with E-state index in [4.69, 9.17) is 9.47 Å². The molecule has 7 nitrogen and oxygen atoms in total. The van der Waals surface area contributed by atoms with E-state index >= 15 is 0 Å². The Labute approximate surface area is 180 Å². The Kier molecular flexibility index (Phi) is 7.11. The third-order valence-corrected chi connectivity index (χ3v) is 6.53. The van der Waals surface area contributed by atoms with Gasteiger partial charge < -0.3 is 20.1 Å². The zero-order valence-electron chi connectivity index (χ0n) is 16.8. The fourth-order valence-corrected chi connectivity index (χ4v) is 4.65. The number of rotatable bonds is 7. The van der Waals surface area contributed by atoms with Gasteiger partial charge in [-0.3, -0.25) is 14.5 Å². The van der Waals surface area contributed by atoms with Crippen molar-refractivity contribution in [2.24, 2.45) is 5.92 Å². The first-order chi connectivity index (χ1) is 14.7. The van der Waals surface area contributed by atoms with Crippen LogP contribution in [0.1, 0.15) is 26.5 Å². The number of anilines is 1. The van der Waals surface area contributed by atoms with E-state index in [-0.39, 0.29) is 17.9 Å². The molecule has 2 aliphatic heterocycles. The molecule has 30 heavy (non-hydrogen) atoms. The van der Waals surface area contributed by atoms with Crippen LogP contribution in [0, 0.1) is 5.92 Å². The molecule has 8 heteroatoms. The van der Waals surface area contributed by atoms with Crippen molar-refractivity contribution < 1.29 is 19.1 Å². The largest absolute Gasteiger partial charge is 0.381 e. The van der Waals surface area contributed by atoms with Crippen LogP contribution in [0.25, 0.3) is 0 Å². The predicted octanol–water partition coefficient (Wildman–Crippen LogP) is 2.47. The van der Waals surface area contributed by atoms with Crippen molar-refractivity contribution in [3.63, 3.8) is 0 Å². The van der Waals surface area contributed by atoms with Crippen molar-refractivity contribution in [3.8, 4) is 0 Å². The van der Waals surface area contributed by atoms with Crippen LogP contribution in [0.2, 0.25) is 0 Å². The molecule has 0 radical (unpaired) electrons. The number of hydrogen-bond donors (Lipinski definition) is 2. The third-order valence-electron chi connectivity index (χ3n) is 5.66. The number of ether oxygens (including phenoxy) is 2. The molecule has 2 unspecified atom stereocenters. The molecule has 2 aromatic rings. The number of hydrogen-bond acceptors (Lipinski definition) is 6. The minimum Gasteiger partial charge on any atom is -0.381 e. The Balaban J connectivity index is 1.43. The minimum atomic E-state index is -0.209. The third kappa shape index (κ3) is 5.07. The van der Waals surface area contributed by atoms with Gasteiger partial charge in [0, 0.05) is 38.2 Å². The summed E-state index contributed by atoms with van der Waals surface area (Å²) in [6.45, 7) is 5.21. The van der Waals surface area contributed by atoms with Gasteiger partial charge in [-0.2, -0.15) is 0 Å². The van der Waals surface area contributed by atoms with Crippen molar-refractivity contribution in [1.82, 2.24) is 10.2 Å². The Bertz CT molecular complexity index is 846. The molecule has 0 bridgehead atoms. The second-order valence-electron chi connectivity index (χ2n) is 7.53. The maximum atomic E-state index is 13.0. The van der Waals surface area contributed by atoms with Crippen LogP contribution in [0.5, 0.6) is 0 Å². The molecule has 2 N–H and O–H groups in total. The molecule has 1 aromatic heterocycles. The van der Waals surface area contributed by atoms with Gasteiger partial charge in [-0.1, -0.05) is 18.2 Å². The molecule has 0 saturated carbocycles. The van der Waals surface area contributed by atoms with E-state index in [9.17, 15) is 9.59 Å². The highest BCUT2D eigenvalue weighted by atomic mass is 32.1. The molecule has 1 aromatic carbocycles. The molecule has 2 atom stereocenters. The van der Waals surface area contributed by atoms with Crippen molar-refractivity contribution in [2.45, 2.75) is 12.5 Å². The first-order valence-electron chi connectivity index (χ1n) is 10.3. The summed E-state index contributed by atoms with van der Waals surface area (Å²) >= 11 is 1.37. The molecule has 2 aliphatic rings. The van der Waals surface area contributed by atoms with E-state index < -0.39 is 0 Å². The lowest BCUT2D eigenvalue weighted by Crippen LogP contribution is -2.52. The van der Waals surface area contributed by atoms with Crippen molar-refractivity contribution in [3.05, 3.63) is 52.2 Å². The monoisotopic (exact) mass is 429 g/mol. The van der Waals surface area contributed by atoms with Crippen LogP contribution in [-0.2, 0) is 9.47 Å². The number of amides is 2. The van der Waals surface area contributed by atoms with Gasteiger partial charge >= 0.3 is 0 Å². The van der Waals surface area contributed by atoms with E-state index in [1.165, 1.54) is 11.3 Å². The summed E-state index contributed by atoms with van der Waals surface area (Å²) in [5, 5.41) is 7.81. The van der Waals surface area contributed by atoms with E-state index in [0.717, 1.165) is 45.9 Å². The quantitative estimate of drug-likeness (QED) is 0.707. The van der Waals surface area contributed by atoms with E-state index in [0.29, 0.717) is 28.6 Å². The second kappa shape index (κ2) is 10.2. The van der Waals surface area contributed by atoms with Gasteiger partial charge in [0.05, 0.1) is 35.9 Å². The van der Waals surface area contributed by atoms with E-state index in [2.05, 4.69) is 15.5 Å². The molecular weight excluding hydrogens is 402 g/mol. The van der Waals surface area contributed by atoms with Crippen LogP contribution in [-0.4, -0.2) is 68.8 Å². The Morgan fingerprint density at radius 3 is 2.63 bits per heavy atom. The number of para-hydroxylation sites is 1. The molecule has 4 rings (SSSR count). The van der Waals surface area contributed by atoms with Gasteiger partial charge in [-0.25, -0.2) is 0 Å². The summed E-state index contributed by atoms with van der Waals surface area (Å²) in [7, 11) is 0. The highest BCUT2D eigenvalue weighted by Gasteiger charge is 2.32. The smallest absolute Gasteiger partial charge is 0.265 e. The maximum absolute atomic E-state index is 13.0. The number of thiophene rings is 1. The summed E-state index contributed by atoms with van der Waals surface area (Å²) in [5.41, 5.74) is 0.978. The number of nitrogens with zero attached hydrogens (tertiary/aromatic N) is 1. The number of carbonyl (C=O) groups excluding carboxylic acids is 2. The topological polar surface area (TPSA) is 79.9 Å². The molecule has 2 fully saturated rings. The Morgan fingerprint density at radius 2 is 1.90 bits per heavy atom. The van der Waals surface area contributed by atoms with E-state index in [1.54, 1.807) is 24.3 Å².